The number of nitrogens with zero attached hydrogens (tertiary/aromatic N) is 3. The number of likely N-dealkylation sites (tertiary alicyclic amines) is 1. The van der Waals surface area contributed by atoms with Crippen LogP contribution in [0.1, 0.15) is 44.1 Å². The van der Waals surface area contributed by atoms with Gasteiger partial charge in [0.15, 0.2) is 0 Å². The molecule has 1 aromatic rings. The summed E-state index contributed by atoms with van der Waals surface area (Å²) in [6, 6.07) is 3.67. The molecule has 1 unspecified atom stereocenters. The van der Waals surface area contributed by atoms with Crippen LogP contribution in [0.3, 0.4) is 0 Å². The predicted molar refractivity (Wildman–Crippen MR) is 88.3 cm³/mol. The van der Waals surface area contributed by atoms with Crippen LogP contribution in [-0.4, -0.2) is 58.1 Å². The van der Waals surface area contributed by atoms with Crippen molar-refractivity contribution in [1.82, 2.24) is 14.4 Å². The molecule has 1 aromatic heterocycles. The summed E-state index contributed by atoms with van der Waals surface area (Å²) in [5.74, 6) is 0.0137. The van der Waals surface area contributed by atoms with E-state index in [2.05, 4.69) is 0 Å². The van der Waals surface area contributed by atoms with Crippen LogP contribution in [0.15, 0.2) is 18.3 Å². The fourth-order valence-electron chi connectivity index (χ4n) is 2.78. The Morgan fingerprint density at radius 1 is 1.35 bits per heavy atom. The number of aromatic nitrogens is 1. The molecule has 0 bridgehead atoms. The largest absolute Gasteiger partial charge is 0.444 e. The standard InChI is InChI=1S/C17H27N3O3/c1-17(2,3)23-16(22)19(5)13-8-6-11-20(12-13)15(21)14-9-7-10-18(14)4/h7,9-10,13H,6,8,11-12H2,1-5H3. The third-order valence-electron chi connectivity index (χ3n) is 4.08. The zero-order valence-corrected chi connectivity index (χ0v) is 14.7. The molecule has 0 aromatic carbocycles. The molecule has 0 N–H and O–H groups in total. The fourth-order valence-corrected chi connectivity index (χ4v) is 2.78. The molecule has 1 aliphatic rings. The molecule has 23 heavy (non-hydrogen) atoms. The summed E-state index contributed by atoms with van der Waals surface area (Å²) in [6.45, 7) is 6.82. The average molecular weight is 321 g/mol. The van der Waals surface area contributed by atoms with Gasteiger partial charge in [-0.15, -0.1) is 0 Å². The van der Waals surface area contributed by atoms with Gasteiger partial charge in [0.1, 0.15) is 11.3 Å². The summed E-state index contributed by atoms with van der Waals surface area (Å²) in [5.41, 5.74) is 0.157. The van der Waals surface area contributed by atoms with Crippen LogP contribution >= 0.6 is 0 Å². The third-order valence-corrected chi connectivity index (χ3v) is 4.08. The molecule has 2 rings (SSSR count). The van der Waals surface area contributed by atoms with Crippen LogP contribution in [0, 0.1) is 0 Å². The number of amides is 2. The van der Waals surface area contributed by atoms with E-state index >= 15 is 0 Å². The van der Waals surface area contributed by atoms with Gasteiger partial charge in [-0.05, 0) is 45.7 Å². The summed E-state index contributed by atoms with van der Waals surface area (Å²) >= 11 is 0. The Balaban J connectivity index is 2.02. The van der Waals surface area contributed by atoms with Gasteiger partial charge in [-0.1, -0.05) is 0 Å². The van der Waals surface area contributed by atoms with Gasteiger partial charge in [0.2, 0.25) is 0 Å². The van der Waals surface area contributed by atoms with Crippen molar-refractivity contribution in [3.63, 3.8) is 0 Å². The van der Waals surface area contributed by atoms with Gasteiger partial charge in [-0.25, -0.2) is 4.79 Å². The van der Waals surface area contributed by atoms with Crippen molar-refractivity contribution in [3.8, 4) is 0 Å². The van der Waals surface area contributed by atoms with Gasteiger partial charge in [0.05, 0.1) is 6.04 Å². The van der Waals surface area contributed by atoms with Crippen LogP contribution in [0.4, 0.5) is 4.79 Å². The quantitative estimate of drug-likeness (QED) is 0.841. The topological polar surface area (TPSA) is 54.8 Å². The Kier molecular flexibility index (Phi) is 5.02. The molecular formula is C17H27N3O3. The van der Waals surface area contributed by atoms with Crippen molar-refractivity contribution in [2.75, 3.05) is 20.1 Å². The molecule has 128 valence electrons. The maximum absolute atomic E-state index is 12.6. The van der Waals surface area contributed by atoms with E-state index in [1.54, 1.807) is 11.9 Å². The Hall–Kier alpha value is -1.98. The maximum atomic E-state index is 12.6. The molecule has 6 nitrogen and oxygen atoms in total. The second kappa shape index (κ2) is 6.64. The Labute approximate surface area is 138 Å². The molecule has 2 heterocycles. The summed E-state index contributed by atoms with van der Waals surface area (Å²) < 4.78 is 7.24. The highest BCUT2D eigenvalue weighted by Crippen LogP contribution is 2.19. The van der Waals surface area contributed by atoms with Gasteiger partial charge in [0.25, 0.3) is 5.91 Å². The number of rotatable bonds is 2. The number of ether oxygens (including phenoxy) is 1. The van der Waals surface area contributed by atoms with Gasteiger partial charge >= 0.3 is 6.09 Å². The molecule has 2 amide bonds. The zero-order chi connectivity index (χ0) is 17.2. The number of piperidine rings is 1. The van der Waals surface area contributed by atoms with Gasteiger partial charge < -0.3 is 19.1 Å². The minimum Gasteiger partial charge on any atom is -0.444 e. The van der Waals surface area contributed by atoms with Crippen molar-refractivity contribution in [1.29, 1.82) is 0 Å². The van der Waals surface area contributed by atoms with E-state index in [-0.39, 0.29) is 18.0 Å². The van der Waals surface area contributed by atoms with Crippen LogP contribution < -0.4 is 0 Å². The van der Waals surface area contributed by atoms with E-state index in [0.29, 0.717) is 12.2 Å². The van der Waals surface area contributed by atoms with E-state index in [4.69, 9.17) is 4.74 Å². The molecule has 6 heteroatoms. The molecule has 1 fully saturated rings. The van der Waals surface area contributed by atoms with Crippen molar-refractivity contribution in [2.45, 2.75) is 45.3 Å². The summed E-state index contributed by atoms with van der Waals surface area (Å²) in [6.07, 6.45) is 3.29. The predicted octanol–water partition coefficient (Wildman–Crippen LogP) is 2.50. The van der Waals surface area contributed by atoms with E-state index in [0.717, 1.165) is 19.4 Å². The number of carbonyl (C=O) groups excluding carboxylic acids is 2. The van der Waals surface area contributed by atoms with E-state index in [9.17, 15) is 9.59 Å². The maximum Gasteiger partial charge on any atom is 0.410 e. The Morgan fingerprint density at radius 3 is 2.61 bits per heavy atom. The minimum absolute atomic E-state index is 0.0113. The SMILES string of the molecule is CN(C(=O)OC(C)(C)C)C1CCCN(C(=O)c2cccn2C)C1. The van der Waals surface area contributed by atoms with Crippen molar-refractivity contribution >= 4 is 12.0 Å². The van der Waals surface area contributed by atoms with Crippen molar-refractivity contribution in [3.05, 3.63) is 24.0 Å². The van der Waals surface area contributed by atoms with Crippen LogP contribution in [-0.2, 0) is 11.8 Å². The number of likely N-dealkylation sites (N-methyl/N-ethyl adjacent to an activating group) is 1. The van der Waals surface area contributed by atoms with Gasteiger partial charge in [-0.3, -0.25) is 4.79 Å². The summed E-state index contributed by atoms with van der Waals surface area (Å²) in [4.78, 5) is 28.3. The molecule has 0 aliphatic carbocycles. The van der Waals surface area contributed by atoms with Crippen LogP contribution in [0.5, 0.6) is 0 Å². The lowest BCUT2D eigenvalue weighted by molar-refractivity contribution is 0.0130. The normalized spacial score (nSPS) is 18.7. The average Bonchev–Trinajstić information content (AvgIpc) is 2.90. The summed E-state index contributed by atoms with van der Waals surface area (Å²) in [5, 5.41) is 0. The first-order valence-electron chi connectivity index (χ1n) is 8.05. The smallest absolute Gasteiger partial charge is 0.410 e. The molecule has 0 saturated carbocycles. The monoisotopic (exact) mass is 321 g/mol. The molecular weight excluding hydrogens is 294 g/mol. The van der Waals surface area contributed by atoms with Crippen molar-refractivity contribution < 1.29 is 14.3 Å². The lowest BCUT2D eigenvalue weighted by Gasteiger charge is -2.38. The first-order chi connectivity index (χ1) is 10.7. The molecule has 1 saturated heterocycles. The van der Waals surface area contributed by atoms with Crippen LogP contribution in [0.25, 0.3) is 0 Å². The first-order valence-corrected chi connectivity index (χ1v) is 8.05. The van der Waals surface area contributed by atoms with E-state index < -0.39 is 5.60 Å². The highest BCUT2D eigenvalue weighted by molar-refractivity contribution is 5.92. The van der Waals surface area contributed by atoms with Gasteiger partial charge in [0, 0.05) is 33.4 Å². The second-order valence-corrected chi connectivity index (χ2v) is 7.14. The van der Waals surface area contributed by atoms with Crippen LogP contribution in [0.2, 0.25) is 0 Å². The fraction of sp³-hybridized carbons (Fsp3) is 0.647. The van der Waals surface area contributed by atoms with E-state index in [1.807, 2.05) is 55.6 Å². The minimum atomic E-state index is -0.515. The molecule has 0 radical (unpaired) electrons. The number of hydrogen-bond donors (Lipinski definition) is 0. The second-order valence-electron chi connectivity index (χ2n) is 7.14. The number of hydrogen-bond acceptors (Lipinski definition) is 3. The summed E-state index contributed by atoms with van der Waals surface area (Å²) in [7, 11) is 3.61. The van der Waals surface area contributed by atoms with E-state index in [1.165, 1.54) is 0 Å². The highest BCUT2D eigenvalue weighted by atomic mass is 16.6. The van der Waals surface area contributed by atoms with Gasteiger partial charge in [-0.2, -0.15) is 0 Å². The molecule has 1 atom stereocenters. The molecule has 0 spiro atoms. The lowest BCUT2D eigenvalue weighted by Crippen LogP contribution is -2.51. The first kappa shape index (κ1) is 17.4. The highest BCUT2D eigenvalue weighted by Gasteiger charge is 2.31. The Morgan fingerprint density at radius 2 is 2.04 bits per heavy atom. The number of carbonyl (C=O) groups is 2. The zero-order valence-electron chi connectivity index (χ0n) is 14.7. The third kappa shape index (κ3) is 4.27. The Bertz CT molecular complexity index is 574. The number of aryl methyl sites for hydroxylation is 1. The lowest BCUT2D eigenvalue weighted by atomic mass is 10.0. The van der Waals surface area contributed by atoms with Crippen molar-refractivity contribution in [2.24, 2.45) is 7.05 Å². The molecule has 1 aliphatic heterocycles.